The Morgan fingerprint density at radius 1 is 1.82 bits per heavy atom. The van der Waals surface area contributed by atoms with E-state index >= 15 is 0 Å². The maximum Gasteiger partial charge on any atom is 0.344 e. The van der Waals surface area contributed by atoms with Crippen LogP contribution in [0.2, 0.25) is 0 Å². The summed E-state index contributed by atoms with van der Waals surface area (Å²) in [5.41, 5.74) is 0.0249. The van der Waals surface area contributed by atoms with Crippen LogP contribution < -0.4 is 0 Å². The zero-order valence-electron chi connectivity index (χ0n) is 5.86. The molecule has 0 fully saturated rings. The summed E-state index contributed by atoms with van der Waals surface area (Å²) < 4.78 is 8.00. The van der Waals surface area contributed by atoms with Crippen molar-refractivity contribution in [3.8, 4) is 5.88 Å². The number of ether oxygens (including phenoxy) is 1. The second kappa shape index (κ2) is 3.34. The van der Waals surface area contributed by atoms with Gasteiger partial charge in [0, 0.05) is 5.38 Å². The van der Waals surface area contributed by atoms with Crippen molar-refractivity contribution >= 4 is 17.5 Å². The first-order chi connectivity index (χ1) is 5.25. The highest BCUT2D eigenvalue weighted by Gasteiger charge is 2.15. The van der Waals surface area contributed by atoms with E-state index < -0.39 is 11.8 Å². The third kappa shape index (κ3) is 1.68. The minimum atomic E-state index is -0.591. The van der Waals surface area contributed by atoms with Gasteiger partial charge in [-0.1, -0.05) is 0 Å². The average molecular weight is 172 g/mol. The molecule has 0 aliphatic heterocycles. The Hall–Kier alpha value is -1.10. The van der Waals surface area contributed by atoms with Gasteiger partial charge in [-0.2, -0.15) is 4.37 Å². The van der Waals surface area contributed by atoms with Gasteiger partial charge in [-0.15, -0.1) is 0 Å². The van der Waals surface area contributed by atoms with Gasteiger partial charge in [0.1, 0.15) is 5.56 Å². The van der Waals surface area contributed by atoms with Gasteiger partial charge < -0.3 is 4.74 Å². The summed E-state index contributed by atoms with van der Waals surface area (Å²) in [6.45, 7) is 1.95. The molecule has 1 aromatic heterocycles. The number of carbonyl (C=O) groups is 1. The van der Waals surface area contributed by atoms with Gasteiger partial charge in [-0.25, -0.2) is 4.79 Å². The highest BCUT2D eigenvalue weighted by molar-refractivity contribution is 7.04. The van der Waals surface area contributed by atoms with E-state index in [0.717, 1.165) is 11.5 Å². The van der Waals surface area contributed by atoms with Crippen LogP contribution >= 0.6 is 11.5 Å². The minimum Gasteiger partial charge on any atom is -0.462 e. The normalized spacial score (nSPS) is 9.55. The minimum absolute atomic E-state index is 0.0249. The van der Waals surface area contributed by atoms with Gasteiger partial charge in [-0.3, -0.25) is 5.11 Å². The molecular weight excluding hydrogens is 166 g/mol. The topological polar surface area (TPSA) is 59.1 Å². The zero-order chi connectivity index (χ0) is 8.27. The van der Waals surface area contributed by atoms with Crippen molar-refractivity contribution in [2.45, 2.75) is 6.92 Å². The van der Waals surface area contributed by atoms with Crippen LogP contribution in [0, 0.1) is 0 Å². The molecule has 0 amide bonds. The molecule has 0 spiro atoms. The van der Waals surface area contributed by atoms with E-state index in [0.29, 0.717) is 0 Å². The third-order valence-electron chi connectivity index (χ3n) is 1.03. The zero-order valence-corrected chi connectivity index (χ0v) is 6.68. The van der Waals surface area contributed by atoms with Gasteiger partial charge in [0.15, 0.2) is 0 Å². The number of aromatic nitrogens is 1. The molecule has 0 bridgehead atoms. The van der Waals surface area contributed by atoms with Crippen molar-refractivity contribution < 1.29 is 14.6 Å². The first-order valence-corrected chi connectivity index (χ1v) is 3.88. The predicted octanol–water partition coefficient (Wildman–Crippen LogP) is 1.46. The van der Waals surface area contributed by atoms with Gasteiger partial charge in [0.25, 0.3) is 5.88 Å². The lowest BCUT2D eigenvalue weighted by molar-refractivity contribution is 0.0521. The van der Waals surface area contributed by atoms with Crippen LogP contribution in [0.5, 0.6) is 5.88 Å². The van der Waals surface area contributed by atoms with E-state index in [4.69, 9.17) is 0 Å². The van der Waals surface area contributed by atoms with Crippen molar-refractivity contribution in [3.05, 3.63) is 10.9 Å². The van der Waals surface area contributed by atoms with Gasteiger partial charge in [-0.05, 0) is 18.5 Å². The molecule has 0 unspecified atom stereocenters. The monoisotopic (exact) mass is 172 g/mol. The standard InChI is InChI=1S/C6H6NO3S/c1-2-10-6(9)4-3-11-7-5(4)8/h3H,2H2,1H3. The molecular formula is C6H6NO3S. The summed E-state index contributed by atoms with van der Waals surface area (Å²) in [5.74, 6) is -1.10. The van der Waals surface area contributed by atoms with E-state index in [1.165, 1.54) is 5.38 Å². The molecule has 0 aromatic carbocycles. The third-order valence-corrected chi connectivity index (χ3v) is 1.64. The number of rotatable bonds is 2. The molecule has 0 saturated heterocycles. The molecule has 1 aromatic rings. The molecule has 0 atom stereocenters. The van der Waals surface area contributed by atoms with Gasteiger partial charge in [0.2, 0.25) is 0 Å². The predicted molar refractivity (Wildman–Crippen MR) is 38.2 cm³/mol. The Morgan fingerprint density at radius 3 is 3.00 bits per heavy atom. The second-order valence-corrected chi connectivity index (χ2v) is 2.38. The largest absolute Gasteiger partial charge is 0.462 e. The smallest absolute Gasteiger partial charge is 0.344 e. The van der Waals surface area contributed by atoms with Crippen molar-refractivity contribution in [1.29, 1.82) is 0 Å². The summed E-state index contributed by atoms with van der Waals surface area (Å²) >= 11 is 0.957. The fraction of sp³-hybridized carbons (Fsp3) is 0.333. The number of esters is 1. The quantitative estimate of drug-likeness (QED) is 0.634. The lowest BCUT2D eigenvalue weighted by Gasteiger charge is -1.95. The molecule has 5 heteroatoms. The lowest BCUT2D eigenvalue weighted by Crippen LogP contribution is -2.02. The van der Waals surface area contributed by atoms with Crippen LogP contribution in [-0.2, 0) is 9.84 Å². The van der Waals surface area contributed by atoms with Crippen molar-refractivity contribution in [1.82, 2.24) is 4.37 Å². The average Bonchev–Trinajstić information content (AvgIpc) is 2.36. The van der Waals surface area contributed by atoms with Crippen molar-refractivity contribution in [2.75, 3.05) is 6.61 Å². The summed E-state index contributed by atoms with van der Waals surface area (Å²) in [6, 6.07) is 0. The van der Waals surface area contributed by atoms with E-state index in [1.54, 1.807) is 6.92 Å². The Kier molecular flexibility index (Phi) is 2.43. The summed E-state index contributed by atoms with van der Waals surface area (Å²) in [7, 11) is 0. The lowest BCUT2D eigenvalue weighted by atomic mass is 10.4. The number of hydrogen-bond donors (Lipinski definition) is 0. The van der Waals surface area contributed by atoms with Crippen LogP contribution in [-0.4, -0.2) is 16.9 Å². The van der Waals surface area contributed by atoms with Crippen molar-refractivity contribution in [3.63, 3.8) is 0 Å². The SMILES string of the molecule is CCOC(=O)c1csnc1[O]. The highest BCUT2D eigenvalue weighted by atomic mass is 32.1. The first kappa shape index (κ1) is 8.00. The van der Waals surface area contributed by atoms with Crippen LogP contribution in [0.15, 0.2) is 5.38 Å². The molecule has 0 N–H and O–H groups in total. The van der Waals surface area contributed by atoms with E-state index in [9.17, 15) is 9.90 Å². The Labute approximate surface area is 67.6 Å². The van der Waals surface area contributed by atoms with Crippen LogP contribution in [0.3, 0.4) is 0 Å². The number of hydrogen-bond acceptors (Lipinski definition) is 4. The number of carbonyl (C=O) groups excluding carboxylic acids is 1. The summed E-state index contributed by atoms with van der Waals surface area (Å²) in [4.78, 5) is 10.9. The van der Waals surface area contributed by atoms with Gasteiger partial charge >= 0.3 is 5.97 Å². The molecule has 59 valence electrons. The highest BCUT2D eigenvalue weighted by Crippen LogP contribution is 2.18. The molecule has 0 aliphatic rings. The van der Waals surface area contributed by atoms with Crippen molar-refractivity contribution in [2.24, 2.45) is 0 Å². The van der Waals surface area contributed by atoms with E-state index in [1.807, 2.05) is 0 Å². The fourth-order valence-corrected chi connectivity index (χ4v) is 1.12. The molecule has 1 heterocycles. The molecule has 0 aliphatic carbocycles. The molecule has 1 radical (unpaired) electrons. The van der Waals surface area contributed by atoms with E-state index in [-0.39, 0.29) is 12.2 Å². The Morgan fingerprint density at radius 2 is 2.55 bits per heavy atom. The molecule has 4 nitrogen and oxygen atoms in total. The first-order valence-electron chi connectivity index (χ1n) is 3.04. The maximum absolute atomic E-state index is 10.9. The summed E-state index contributed by atoms with van der Waals surface area (Å²) in [5, 5.41) is 12.1. The van der Waals surface area contributed by atoms with Crippen LogP contribution in [0.1, 0.15) is 17.3 Å². The van der Waals surface area contributed by atoms with Crippen LogP contribution in [0.4, 0.5) is 0 Å². The Balaban J connectivity index is 2.76. The second-order valence-electron chi connectivity index (χ2n) is 1.75. The van der Waals surface area contributed by atoms with E-state index in [2.05, 4.69) is 9.11 Å². The molecule has 11 heavy (non-hydrogen) atoms. The molecule has 0 saturated carbocycles. The molecule has 1 rings (SSSR count). The number of nitrogens with zero attached hydrogens (tertiary/aromatic N) is 1. The van der Waals surface area contributed by atoms with Gasteiger partial charge in [0.05, 0.1) is 6.61 Å². The summed E-state index contributed by atoms with van der Waals surface area (Å²) in [6.07, 6.45) is 0. The Bertz CT molecular complexity index is 258. The van der Waals surface area contributed by atoms with Crippen LogP contribution in [0.25, 0.3) is 0 Å². The maximum atomic E-state index is 10.9. The fourth-order valence-electron chi connectivity index (χ4n) is 0.571.